The minimum Gasteiger partial charge on any atom is -0.317 e. The van der Waals surface area contributed by atoms with Gasteiger partial charge >= 0.3 is 0 Å². The fourth-order valence-electron chi connectivity index (χ4n) is 2.29. The van der Waals surface area contributed by atoms with Crippen LogP contribution in [0.4, 0.5) is 5.13 Å². The van der Waals surface area contributed by atoms with Gasteiger partial charge in [0.2, 0.25) is 5.13 Å². The third-order valence-corrected chi connectivity index (χ3v) is 5.33. The van der Waals surface area contributed by atoms with Crippen molar-refractivity contribution in [2.45, 2.75) is 13.3 Å². The molecule has 27 heavy (non-hydrogen) atoms. The third-order valence-electron chi connectivity index (χ3n) is 3.61. The van der Waals surface area contributed by atoms with Crippen LogP contribution < -0.4 is 5.32 Å². The molecule has 3 aromatic rings. The first-order valence-electron chi connectivity index (χ1n) is 7.90. The maximum Gasteiger partial charge on any atom is 0.268 e. The first-order chi connectivity index (χ1) is 13.0. The highest BCUT2D eigenvalue weighted by atomic mass is 35.5. The summed E-state index contributed by atoms with van der Waals surface area (Å²) >= 11 is 13.3. The number of carbonyl (C=O) groups is 1. The molecule has 2 aromatic heterocycles. The predicted molar refractivity (Wildman–Crippen MR) is 107 cm³/mol. The summed E-state index contributed by atoms with van der Waals surface area (Å²) in [5.74, 6) is -0.543. The van der Waals surface area contributed by atoms with Gasteiger partial charge in [0.1, 0.15) is 16.6 Å². The van der Waals surface area contributed by atoms with E-state index in [0.29, 0.717) is 20.9 Å². The van der Waals surface area contributed by atoms with Crippen molar-refractivity contribution in [3.05, 3.63) is 62.8 Å². The summed E-state index contributed by atoms with van der Waals surface area (Å²) in [6.07, 6.45) is 4.03. The molecule has 0 fully saturated rings. The Hall–Kier alpha value is -2.66. The van der Waals surface area contributed by atoms with Gasteiger partial charge in [-0.3, -0.25) is 10.1 Å². The molecule has 0 radical (unpaired) electrons. The molecule has 6 nitrogen and oxygen atoms in total. The van der Waals surface area contributed by atoms with Crippen molar-refractivity contribution in [2.75, 3.05) is 5.32 Å². The second kappa shape index (κ2) is 8.35. The molecule has 1 N–H and O–H groups in total. The van der Waals surface area contributed by atoms with E-state index < -0.39 is 5.91 Å². The van der Waals surface area contributed by atoms with Crippen molar-refractivity contribution in [3.8, 4) is 11.8 Å². The number of hydrogen-bond acceptors (Lipinski definition) is 5. The van der Waals surface area contributed by atoms with Crippen LogP contribution in [0.25, 0.3) is 11.8 Å². The first kappa shape index (κ1) is 19.1. The number of nitrogens with one attached hydrogen (secondary N) is 1. The van der Waals surface area contributed by atoms with Crippen LogP contribution in [0.3, 0.4) is 0 Å². The number of benzene rings is 1. The maximum atomic E-state index is 12.4. The number of halogens is 2. The zero-order valence-corrected chi connectivity index (χ0v) is 16.4. The molecule has 136 valence electrons. The normalized spacial score (nSPS) is 11.3. The van der Waals surface area contributed by atoms with Gasteiger partial charge in [-0.05, 0) is 42.8 Å². The molecule has 0 saturated heterocycles. The monoisotopic (exact) mass is 417 g/mol. The molecule has 0 bridgehead atoms. The molecule has 3 rings (SSSR count). The molecule has 2 heterocycles. The van der Waals surface area contributed by atoms with Crippen molar-refractivity contribution >= 4 is 51.7 Å². The van der Waals surface area contributed by atoms with Gasteiger partial charge in [-0.2, -0.15) is 5.26 Å². The highest BCUT2D eigenvalue weighted by molar-refractivity contribution is 7.15. The van der Waals surface area contributed by atoms with E-state index >= 15 is 0 Å². The van der Waals surface area contributed by atoms with Crippen LogP contribution in [0.5, 0.6) is 0 Å². The van der Waals surface area contributed by atoms with Crippen molar-refractivity contribution < 1.29 is 4.79 Å². The van der Waals surface area contributed by atoms with E-state index in [1.165, 1.54) is 17.4 Å². The number of aromatic nitrogens is 3. The van der Waals surface area contributed by atoms with E-state index in [-0.39, 0.29) is 5.57 Å². The van der Waals surface area contributed by atoms with Crippen LogP contribution in [0.15, 0.2) is 42.1 Å². The fourth-order valence-corrected chi connectivity index (χ4v) is 3.26. The molecule has 0 aliphatic heterocycles. The van der Waals surface area contributed by atoms with Crippen LogP contribution in [0.1, 0.15) is 17.6 Å². The lowest BCUT2D eigenvalue weighted by molar-refractivity contribution is -0.112. The molecule has 0 aliphatic carbocycles. The molecule has 0 spiro atoms. The van der Waals surface area contributed by atoms with Gasteiger partial charge in [-0.25, -0.2) is 0 Å². The van der Waals surface area contributed by atoms with E-state index in [9.17, 15) is 10.1 Å². The zero-order chi connectivity index (χ0) is 19.4. The summed E-state index contributed by atoms with van der Waals surface area (Å²) in [6, 6.07) is 10.7. The minimum atomic E-state index is -0.543. The Bertz CT molecular complexity index is 1060. The van der Waals surface area contributed by atoms with Crippen LogP contribution in [0, 0.1) is 11.3 Å². The summed E-state index contributed by atoms with van der Waals surface area (Å²) in [4.78, 5) is 12.4. The summed E-state index contributed by atoms with van der Waals surface area (Å²) in [5, 5.41) is 21.9. The van der Waals surface area contributed by atoms with E-state index in [1.807, 2.05) is 13.0 Å². The van der Waals surface area contributed by atoms with Gasteiger partial charge in [0, 0.05) is 17.6 Å². The number of hydrogen-bond donors (Lipinski definition) is 1. The summed E-state index contributed by atoms with van der Waals surface area (Å²) in [6.45, 7) is 1.95. The summed E-state index contributed by atoms with van der Waals surface area (Å²) in [5.41, 5.74) is 1.35. The quantitative estimate of drug-likeness (QED) is 0.479. The lowest BCUT2D eigenvalue weighted by Crippen LogP contribution is -2.13. The number of aryl methyl sites for hydroxylation is 1. The van der Waals surface area contributed by atoms with Gasteiger partial charge < -0.3 is 4.57 Å². The second-order valence-corrected chi connectivity index (χ2v) is 7.26. The van der Waals surface area contributed by atoms with Gasteiger partial charge in [0.05, 0.1) is 10.0 Å². The minimum absolute atomic E-state index is 0.0525. The smallest absolute Gasteiger partial charge is 0.268 e. The predicted octanol–water partition coefficient (Wildman–Crippen LogP) is 4.74. The number of rotatable bonds is 5. The Morgan fingerprint density at radius 2 is 2.15 bits per heavy atom. The lowest BCUT2D eigenvalue weighted by atomic mass is 10.2. The molecule has 0 atom stereocenters. The number of nitrogens with zero attached hydrogens (tertiary/aromatic N) is 4. The van der Waals surface area contributed by atoms with Crippen molar-refractivity contribution in [1.82, 2.24) is 14.8 Å². The number of anilines is 1. The van der Waals surface area contributed by atoms with Gasteiger partial charge in [0.25, 0.3) is 5.91 Å². The Morgan fingerprint density at radius 1 is 1.33 bits per heavy atom. The SMILES string of the molecule is CCc1nnc(NC(=O)/C(C#N)=C\c2cccn2-c2ccc(Cl)c(Cl)c2)s1. The largest absolute Gasteiger partial charge is 0.317 e. The first-order valence-corrected chi connectivity index (χ1v) is 9.47. The number of nitriles is 1. The summed E-state index contributed by atoms with van der Waals surface area (Å²) in [7, 11) is 0. The van der Waals surface area contributed by atoms with Crippen molar-refractivity contribution in [2.24, 2.45) is 0 Å². The van der Waals surface area contributed by atoms with Crippen molar-refractivity contribution in [3.63, 3.8) is 0 Å². The number of amides is 1. The Kier molecular flexibility index (Phi) is 5.91. The van der Waals surface area contributed by atoms with Gasteiger partial charge in [0.15, 0.2) is 0 Å². The molecule has 1 aromatic carbocycles. The van der Waals surface area contributed by atoms with Crippen molar-refractivity contribution in [1.29, 1.82) is 5.26 Å². The fraction of sp³-hybridized carbons (Fsp3) is 0.111. The maximum absolute atomic E-state index is 12.4. The average Bonchev–Trinajstić information content (AvgIpc) is 3.31. The zero-order valence-electron chi connectivity index (χ0n) is 14.1. The molecular formula is C18H13Cl2N5OS. The van der Waals surface area contributed by atoms with Crippen LogP contribution >= 0.6 is 34.5 Å². The van der Waals surface area contributed by atoms with E-state index in [0.717, 1.165) is 17.1 Å². The Morgan fingerprint density at radius 3 is 2.81 bits per heavy atom. The third kappa shape index (κ3) is 4.37. The molecule has 9 heteroatoms. The highest BCUT2D eigenvalue weighted by Gasteiger charge is 2.14. The molecule has 0 aliphatic rings. The lowest BCUT2D eigenvalue weighted by Gasteiger charge is -2.08. The Labute approximate surface area is 169 Å². The van der Waals surface area contributed by atoms with Gasteiger partial charge in [-0.1, -0.05) is 41.5 Å². The average molecular weight is 418 g/mol. The molecule has 0 unspecified atom stereocenters. The van der Waals surface area contributed by atoms with Gasteiger partial charge in [-0.15, -0.1) is 10.2 Å². The standard InChI is InChI=1S/C18H13Cl2N5OS/c1-2-16-23-24-18(27-16)22-17(26)11(10-21)8-12-4-3-7-25(12)13-5-6-14(19)15(20)9-13/h3-9H,2H2,1H3,(H,22,24,26)/b11-8-. The molecular weight excluding hydrogens is 405 g/mol. The van der Waals surface area contributed by atoms with Crippen LogP contribution in [0.2, 0.25) is 10.0 Å². The van der Waals surface area contributed by atoms with Crippen LogP contribution in [-0.2, 0) is 11.2 Å². The molecule has 0 saturated carbocycles. The highest BCUT2D eigenvalue weighted by Crippen LogP contribution is 2.26. The second-order valence-electron chi connectivity index (χ2n) is 5.38. The van der Waals surface area contributed by atoms with Crippen LogP contribution in [-0.4, -0.2) is 20.7 Å². The van der Waals surface area contributed by atoms with E-state index in [4.69, 9.17) is 23.2 Å². The Balaban J connectivity index is 1.88. The summed E-state index contributed by atoms with van der Waals surface area (Å²) < 4.78 is 1.80. The topological polar surface area (TPSA) is 83.6 Å². The van der Waals surface area contributed by atoms with E-state index in [1.54, 1.807) is 41.1 Å². The number of carbonyl (C=O) groups excluding carboxylic acids is 1. The molecule has 1 amide bonds. The van der Waals surface area contributed by atoms with E-state index in [2.05, 4.69) is 15.5 Å².